The van der Waals surface area contributed by atoms with Gasteiger partial charge in [0.05, 0.1) is 29.9 Å². The summed E-state index contributed by atoms with van der Waals surface area (Å²) < 4.78 is 55.3. The molecule has 0 unspecified atom stereocenters. The Labute approximate surface area is 208 Å². The van der Waals surface area contributed by atoms with Crippen LogP contribution in [0.3, 0.4) is 0 Å². The number of aromatic amines is 1. The molecule has 190 valence electrons. The number of carbonyl (C=O) groups excluding carboxylic acids is 1. The second kappa shape index (κ2) is 9.45. The molecule has 0 radical (unpaired) electrons. The smallest absolute Gasteiger partial charge is 0.327 e. The van der Waals surface area contributed by atoms with Crippen molar-refractivity contribution in [1.82, 2.24) is 29.9 Å². The van der Waals surface area contributed by atoms with Gasteiger partial charge in [-0.25, -0.2) is 9.37 Å². The first-order valence-corrected chi connectivity index (χ1v) is 10.9. The summed E-state index contributed by atoms with van der Waals surface area (Å²) in [5, 5.41) is 24.4. The number of pyridine rings is 1. The molecule has 0 aliphatic heterocycles. The molecule has 0 aliphatic rings. The Morgan fingerprint density at radius 3 is 2.62 bits per heavy atom. The summed E-state index contributed by atoms with van der Waals surface area (Å²) in [5.74, 6) is -0.358. The van der Waals surface area contributed by atoms with Crippen molar-refractivity contribution in [1.29, 1.82) is 5.26 Å². The number of benzene rings is 1. The largest absolute Gasteiger partial charge is 0.433 e. The average molecular weight is 512 g/mol. The van der Waals surface area contributed by atoms with Gasteiger partial charge in [0.15, 0.2) is 5.82 Å². The van der Waals surface area contributed by atoms with E-state index in [0.717, 1.165) is 18.2 Å². The summed E-state index contributed by atoms with van der Waals surface area (Å²) in [5.41, 5.74) is -1.78. The van der Waals surface area contributed by atoms with E-state index in [0.29, 0.717) is 17.2 Å². The second-order valence-corrected chi connectivity index (χ2v) is 8.72. The summed E-state index contributed by atoms with van der Waals surface area (Å²) in [6.45, 7) is 5.43. The van der Waals surface area contributed by atoms with Crippen molar-refractivity contribution < 1.29 is 22.4 Å². The van der Waals surface area contributed by atoms with Crippen molar-refractivity contribution >= 4 is 11.6 Å². The highest BCUT2D eigenvalue weighted by Gasteiger charge is 2.32. The molecule has 37 heavy (non-hydrogen) atoms. The number of H-pyrrole nitrogens is 1. The minimum absolute atomic E-state index is 0.0177. The molecule has 0 spiro atoms. The van der Waals surface area contributed by atoms with Gasteiger partial charge in [-0.3, -0.25) is 9.48 Å². The standard InChI is InChI=1S/C24H20F4N8O/c1-13-31-22(35-34-13)23(2,3)36-12-15(11-30-36)21-14(10-29)7-17(8-18(21)25)33-20(37)9-16-5-4-6-19(32-16)24(26,27)28/h4-8,11-12H,9H2,1-3H3,(H,33,37)(H,31,34,35). The molecular weight excluding hydrogens is 492 g/mol. The van der Waals surface area contributed by atoms with Crippen LogP contribution in [0.1, 0.15) is 42.4 Å². The Balaban J connectivity index is 1.57. The van der Waals surface area contributed by atoms with Gasteiger partial charge in [0.2, 0.25) is 5.91 Å². The van der Waals surface area contributed by atoms with E-state index in [1.165, 1.54) is 18.3 Å². The average Bonchev–Trinajstić information content (AvgIpc) is 3.48. The highest BCUT2D eigenvalue weighted by atomic mass is 19.4. The monoisotopic (exact) mass is 512 g/mol. The number of nitrogens with one attached hydrogen (secondary N) is 2. The fraction of sp³-hybridized carbons (Fsp3) is 0.250. The molecule has 0 saturated heterocycles. The van der Waals surface area contributed by atoms with Gasteiger partial charge in [-0.05, 0) is 45.0 Å². The first-order valence-electron chi connectivity index (χ1n) is 10.9. The van der Waals surface area contributed by atoms with Gasteiger partial charge in [0.1, 0.15) is 22.9 Å². The number of amides is 1. The number of halogens is 4. The number of nitriles is 1. The molecular formula is C24H20F4N8O. The first kappa shape index (κ1) is 25.5. The Hall–Kier alpha value is -4.60. The maximum absolute atomic E-state index is 15.2. The van der Waals surface area contributed by atoms with Crippen LogP contribution in [0.25, 0.3) is 11.1 Å². The van der Waals surface area contributed by atoms with E-state index in [9.17, 15) is 23.2 Å². The number of aryl methyl sites for hydroxylation is 1. The number of rotatable bonds is 6. The summed E-state index contributed by atoms with van der Waals surface area (Å²) in [7, 11) is 0. The highest BCUT2D eigenvalue weighted by Crippen LogP contribution is 2.32. The Morgan fingerprint density at radius 2 is 1.97 bits per heavy atom. The Kier molecular flexibility index (Phi) is 6.51. The lowest BCUT2D eigenvalue weighted by Gasteiger charge is -2.22. The van der Waals surface area contributed by atoms with Crippen molar-refractivity contribution in [3.8, 4) is 17.2 Å². The van der Waals surface area contributed by atoms with Crippen LogP contribution < -0.4 is 5.32 Å². The van der Waals surface area contributed by atoms with Crippen LogP contribution in [0.15, 0.2) is 42.7 Å². The molecule has 0 fully saturated rings. The van der Waals surface area contributed by atoms with E-state index < -0.39 is 35.6 Å². The van der Waals surface area contributed by atoms with Crippen LogP contribution in [0.5, 0.6) is 0 Å². The van der Waals surface area contributed by atoms with Crippen molar-refractivity contribution in [3.05, 3.63) is 77.1 Å². The maximum atomic E-state index is 15.2. The van der Waals surface area contributed by atoms with Gasteiger partial charge in [-0.1, -0.05) is 6.07 Å². The van der Waals surface area contributed by atoms with Gasteiger partial charge >= 0.3 is 6.18 Å². The molecule has 4 aromatic rings. The number of aromatic nitrogens is 6. The lowest BCUT2D eigenvalue weighted by atomic mass is 10.0. The molecule has 4 rings (SSSR count). The van der Waals surface area contributed by atoms with Crippen LogP contribution in [0.2, 0.25) is 0 Å². The minimum atomic E-state index is -4.65. The fourth-order valence-electron chi connectivity index (χ4n) is 3.65. The number of anilines is 1. The van der Waals surface area contributed by atoms with E-state index in [-0.39, 0.29) is 22.5 Å². The Bertz CT molecular complexity index is 1510. The van der Waals surface area contributed by atoms with E-state index in [4.69, 9.17) is 0 Å². The summed E-state index contributed by atoms with van der Waals surface area (Å²) >= 11 is 0. The molecule has 0 bridgehead atoms. The number of alkyl halides is 3. The molecule has 3 heterocycles. The quantitative estimate of drug-likeness (QED) is 0.370. The van der Waals surface area contributed by atoms with Crippen LogP contribution >= 0.6 is 0 Å². The predicted octanol–water partition coefficient (Wildman–Crippen LogP) is 4.37. The van der Waals surface area contributed by atoms with E-state index >= 15 is 4.39 Å². The number of carbonyl (C=O) groups is 1. The second-order valence-electron chi connectivity index (χ2n) is 8.72. The van der Waals surface area contributed by atoms with Crippen LogP contribution in [0.4, 0.5) is 23.2 Å². The zero-order chi connectivity index (χ0) is 27.0. The lowest BCUT2D eigenvalue weighted by Crippen LogP contribution is -2.29. The molecule has 9 nitrogen and oxygen atoms in total. The molecule has 0 atom stereocenters. The normalized spacial score (nSPS) is 11.8. The molecule has 1 amide bonds. The van der Waals surface area contributed by atoms with Gasteiger partial charge in [0.25, 0.3) is 0 Å². The topological polar surface area (TPSA) is 125 Å². The van der Waals surface area contributed by atoms with E-state index in [1.807, 2.05) is 19.9 Å². The summed E-state index contributed by atoms with van der Waals surface area (Å²) in [4.78, 5) is 18.9. The van der Waals surface area contributed by atoms with Crippen LogP contribution in [-0.2, 0) is 22.9 Å². The first-order chi connectivity index (χ1) is 17.4. The lowest BCUT2D eigenvalue weighted by molar-refractivity contribution is -0.141. The highest BCUT2D eigenvalue weighted by molar-refractivity contribution is 5.92. The van der Waals surface area contributed by atoms with E-state index in [1.54, 1.807) is 17.8 Å². The van der Waals surface area contributed by atoms with Gasteiger partial charge in [0, 0.05) is 23.0 Å². The zero-order valence-corrected chi connectivity index (χ0v) is 19.9. The van der Waals surface area contributed by atoms with E-state index in [2.05, 4.69) is 30.6 Å². The van der Waals surface area contributed by atoms with Gasteiger partial charge < -0.3 is 10.3 Å². The number of hydrogen-bond acceptors (Lipinski definition) is 6. The van der Waals surface area contributed by atoms with Crippen LogP contribution in [0, 0.1) is 24.1 Å². The number of hydrogen-bond donors (Lipinski definition) is 2. The van der Waals surface area contributed by atoms with Crippen molar-refractivity contribution in [2.24, 2.45) is 0 Å². The molecule has 13 heteroatoms. The third kappa shape index (κ3) is 5.32. The van der Waals surface area contributed by atoms with Gasteiger partial charge in [-0.2, -0.15) is 23.5 Å². The third-order valence-electron chi connectivity index (χ3n) is 5.56. The zero-order valence-electron chi connectivity index (χ0n) is 19.9. The predicted molar refractivity (Wildman–Crippen MR) is 123 cm³/mol. The molecule has 3 aromatic heterocycles. The van der Waals surface area contributed by atoms with Crippen LogP contribution in [-0.4, -0.2) is 35.9 Å². The summed E-state index contributed by atoms with van der Waals surface area (Å²) in [6, 6.07) is 7.43. The van der Waals surface area contributed by atoms with Crippen molar-refractivity contribution in [2.75, 3.05) is 5.32 Å². The van der Waals surface area contributed by atoms with Gasteiger partial charge in [-0.15, -0.1) is 10.2 Å². The SMILES string of the molecule is Cc1nnc(C(C)(C)n2cc(-c3c(F)cc(NC(=O)Cc4cccc(C(F)(F)F)n4)cc3C#N)cn2)[nH]1. The molecule has 1 aromatic carbocycles. The molecule has 0 aliphatic carbocycles. The Morgan fingerprint density at radius 1 is 1.22 bits per heavy atom. The van der Waals surface area contributed by atoms with Crippen molar-refractivity contribution in [2.45, 2.75) is 38.9 Å². The molecule has 2 N–H and O–H groups in total. The van der Waals surface area contributed by atoms with Crippen molar-refractivity contribution in [3.63, 3.8) is 0 Å². The summed E-state index contributed by atoms with van der Waals surface area (Å²) in [6.07, 6.45) is -2.15. The minimum Gasteiger partial charge on any atom is -0.327 e. The third-order valence-corrected chi connectivity index (χ3v) is 5.56. The molecule has 0 saturated carbocycles. The fourth-order valence-corrected chi connectivity index (χ4v) is 3.65. The number of nitrogens with zero attached hydrogens (tertiary/aromatic N) is 6. The maximum Gasteiger partial charge on any atom is 0.433 e.